The number of phosphoric acid groups is 1. The third-order valence-electron chi connectivity index (χ3n) is 4.35. The third kappa shape index (κ3) is 7.75. The van der Waals surface area contributed by atoms with E-state index in [2.05, 4.69) is 4.52 Å². The Labute approximate surface area is 172 Å². The van der Waals surface area contributed by atoms with Gasteiger partial charge in [-0.15, -0.1) is 0 Å². The molecule has 0 spiro atoms. The topological polar surface area (TPSA) is 146 Å². The van der Waals surface area contributed by atoms with Gasteiger partial charge in [0, 0.05) is 30.8 Å². The molecule has 1 aromatic carbocycles. The van der Waals surface area contributed by atoms with Crippen molar-refractivity contribution < 1.29 is 32.8 Å². The normalized spacial score (nSPS) is 15.0. The Hall–Kier alpha value is -1.97. The van der Waals surface area contributed by atoms with E-state index < -0.39 is 26.3 Å². The first kappa shape index (κ1) is 23.3. The Kier molecular flexibility index (Phi) is 8.18. The van der Waals surface area contributed by atoms with E-state index in [0.717, 1.165) is 31.4 Å². The minimum atomic E-state index is -4.69. The van der Waals surface area contributed by atoms with E-state index in [4.69, 9.17) is 37.3 Å². The van der Waals surface area contributed by atoms with Crippen LogP contribution >= 0.6 is 19.4 Å². The standard InChI is InChI=1S/C17H22ClFN3O6P/c18-16(21)7-15(20)17(23)22(8-11-2-1-3-11)9-12-4-5-13(6-14(12)19)27-10-28-29(24,25)26/h4-7,11,21H,1-3,8-10,20H2,(H2,24,25,26)/b15-7-,21-16?. The Morgan fingerprint density at radius 3 is 2.66 bits per heavy atom. The van der Waals surface area contributed by atoms with Gasteiger partial charge in [0.25, 0.3) is 5.91 Å². The van der Waals surface area contributed by atoms with Crippen LogP contribution in [-0.4, -0.2) is 39.1 Å². The SMILES string of the molecule is N=C(Cl)/C=C(\N)C(=O)N(Cc1ccc(OCOP(=O)(O)O)cc1F)CC1CCC1. The van der Waals surface area contributed by atoms with Gasteiger partial charge >= 0.3 is 7.82 Å². The van der Waals surface area contributed by atoms with E-state index in [1.54, 1.807) is 0 Å². The monoisotopic (exact) mass is 449 g/mol. The summed E-state index contributed by atoms with van der Waals surface area (Å²) in [4.78, 5) is 31.2. The van der Waals surface area contributed by atoms with Crippen molar-refractivity contribution in [2.75, 3.05) is 13.3 Å². The van der Waals surface area contributed by atoms with Gasteiger partial charge in [0.1, 0.15) is 22.4 Å². The molecule has 0 atom stereocenters. The molecule has 160 valence electrons. The summed E-state index contributed by atoms with van der Waals surface area (Å²) in [5.41, 5.74) is 5.71. The van der Waals surface area contributed by atoms with E-state index in [1.807, 2.05) is 0 Å². The molecule has 0 unspecified atom stereocenters. The van der Waals surface area contributed by atoms with Crippen LogP contribution in [0.4, 0.5) is 4.39 Å². The van der Waals surface area contributed by atoms with E-state index >= 15 is 0 Å². The van der Waals surface area contributed by atoms with Crippen LogP contribution in [0.15, 0.2) is 30.0 Å². The van der Waals surface area contributed by atoms with Gasteiger partial charge in [-0.1, -0.05) is 24.1 Å². The van der Waals surface area contributed by atoms with Gasteiger partial charge in [0.15, 0.2) is 6.79 Å². The van der Waals surface area contributed by atoms with Gasteiger partial charge in [-0.3, -0.25) is 10.2 Å². The zero-order valence-corrected chi connectivity index (χ0v) is 17.0. The van der Waals surface area contributed by atoms with Crippen molar-refractivity contribution in [3.8, 4) is 5.75 Å². The first-order valence-electron chi connectivity index (χ1n) is 8.67. The van der Waals surface area contributed by atoms with E-state index in [0.29, 0.717) is 12.5 Å². The summed E-state index contributed by atoms with van der Waals surface area (Å²) in [5, 5.41) is 6.84. The fourth-order valence-electron chi connectivity index (χ4n) is 2.70. The molecule has 0 aromatic heterocycles. The number of ether oxygens (including phenoxy) is 1. The zero-order valence-electron chi connectivity index (χ0n) is 15.4. The van der Waals surface area contributed by atoms with E-state index in [1.165, 1.54) is 17.0 Å². The lowest BCUT2D eigenvalue weighted by atomic mass is 9.85. The number of nitrogens with two attached hydrogens (primary N) is 1. The first-order valence-corrected chi connectivity index (χ1v) is 10.6. The fraction of sp³-hybridized carbons (Fsp3) is 0.412. The summed E-state index contributed by atoms with van der Waals surface area (Å²) in [6.45, 7) is -0.400. The molecule has 0 saturated heterocycles. The van der Waals surface area contributed by atoms with Crippen LogP contribution in [0.25, 0.3) is 0 Å². The second-order valence-corrected chi connectivity index (χ2v) is 8.21. The number of allylic oxidation sites excluding steroid dienone is 1. The summed E-state index contributed by atoms with van der Waals surface area (Å²) >= 11 is 5.46. The van der Waals surface area contributed by atoms with Gasteiger partial charge in [-0.05, 0) is 24.8 Å². The predicted molar refractivity (Wildman–Crippen MR) is 104 cm³/mol. The number of phosphoric ester groups is 1. The minimum absolute atomic E-state index is 0.00608. The second-order valence-electron chi connectivity index (χ2n) is 6.57. The number of halogens is 2. The molecule has 9 nitrogen and oxygen atoms in total. The molecule has 1 fully saturated rings. The summed E-state index contributed by atoms with van der Waals surface area (Å²) in [5.74, 6) is -0.904. The Morgan fingerprint density at radius 2 is 2.14 bits per heavy atom. The van der Waals surface area contributed by atoms with E-state index in [-0.39, 0.29) is 28.7 Å². The molecule has 12 heteroatoms. The van der Waals surface area contributed by atoms with Crippen LogP contribution in [0.1, 0.15) is 24.8 Å². The number of rotatable bonds is 10. The van der Waals surface area contributed by atoms with Crippen molar-refractivity contribution in [1.29, 1.82) is 5.41 Å². The van der Waals surface area contributed by atoms with Gasteiger partial charge in [-0.25, -0.2) is 13.5 Å². The van der Waals surface area contributed by atoms with Crippen LogP contribution in [-0.2, 0) is 20.4 Å². The number of amides is 1. The van der Waals surface area contributed by atoms with Crippen LogP contribution in [0, 0.1) is 17.1 Å². The van der Waals surface area contributed by atoms with Crippen LogP contribution in [0.5, 0.6) is 5.75 Å². The number of carbonyl (C=O) groups is 1. The lowest BCUT2D eigenvalue weighted by Gasteiger charge is -2.32. The van der Waals surface area contributed by atoms with Crippen molar-refractivity contribution in [3.05, 3.63) is 41.4 Å². The third-order valence-corrected chi connectivity index (χ3v) is 4.90. The molecule has 2 rings (SSSR count). The number of carbonyl (C=O) groups excluding carboxylic acids is 1. The highest BCUT2D eigenvalue weighted by Crippen LogP contribution is 2.35. The number of nitrogens with zero attached hydrogens (tertiary/aromatic N) is 1. The molecule has 5 N–H and O–H groups in total. The molecular weight excluding hydrogens is 428 g/mol. The van der Waals surface area contributed by atoms with Crippen molar-refractivity contribution in [3.63, 3.8) is 0 Å². The number of hydrogen-bond donors (Lipinski definition) is 4. The Balaban J connectivity index is 2.09. The summed E-state index contributed by atoms with van der Waals surface area (Å²) < 4.78 is 34.2. The highest BCUT2D eigenvalue weighted by Gasteiger charge is 2.26. The van der Waals surface area contributed by atoms with Crippen molar-refractivity contribution >= 4 is 30.5 Å². The maximum absolute atomic E-state index is 14.5. The highest BCUT2D eigenvalue weighted by molar-refractivity contribution is 7.46. The van der Waals surface area contributed by atoms with Crippen molar-refractivity contribution in [1.82, 2.24) is 4.90 Å². The lowest BCUT2D eigenvalue weighted by molar-refractivity contribution is -0.128. The summed E-state index contributed by atoms with van der Waals surface area (Å²) in [6.07, 6.45) is 4.04. The second kappa shape index (κ2) is 10.2. The largest absolute Gasteiger partial charge is 0.472 e. The Bertz CT molecular complexity index is 842. The molecular formula is C17H22ClFN3O6P. The maximum Gasteiger partial charge on any atom is 0.472 e. The smallest absolute Gasteiger partial charge is 0.467 e. The lowest BCUT2D eigenvalue weighted by Crippen LogP contribution is -2.39. The van der Waals surface area contributed by atoms with Gasteiger partial charge in [0.05, 0.1) is 0 Å². The summed E-state index contributed by atoms with van der Waals surface area (Å²) in [7, 11) is -4.69. The average molecular weight is 450 g/mol. The minimum Gasteiger partial charge on any atom is -0.467 e. The van der Waals surface area contributed by atoms with Crippen LogP contribution in [0.3, 0.4) is 0 Å². The zero-order chi connectivity index (χ0) is 21.6. The molecule has 1 aliphatic carbocycles. The molecule has 29 heavy (non-hydrogen) atoms. The molecule has 1 saturated carbocycles. The molecule has 1 amide bonds. The average Bonchev–Trinajstić information content (AvgIpc) is 2.56. The molecule has 1 aliphatic rings. The molecule has 0 bridgehead atoms. The highest BCUT2D eigenvalue weighted by atomic mass is 35.5. The predicted octanol–water partition coefficient (Wildman–Crippen LogP) is 2.46. The summed E-state index contributed by atoms with van der Waals surface area (Å²) in [6, 6.07) is 3.81. The van der Waals surface area contributed by atoms with Crippen LogP contribution in [0.2, 0.25) is 0 Å². The number of hydrogen-bond acceptors (Lipinski definition) is 6. The fourth-order valence-corrected chi connectivity index (χ4v) is 3.01. The van der Waals surface area contributed by atoms with Crippen molar-refractivity contribution in [2.45, 2.75) is 25.8 Å². The van der Waals surface area contributed by atoms with Crippen molar-refractivity contribution in [2.24, 2.45) is 11.7 Å². The number of benzene rings is 1. The first-order chi connectivity index (χ1) is 13.5. The number of nitrogens with one attached hydrogen (secondary N) is 1. The van der Waals surface area contributed by atoms with Gasteiger partial charge in [-0.2, -0.15) is 0 Å². The Morgan fingerprint density at radius 1 is 1.45 bits per heavy atom. The molecule has 0 radical (unpaired) electrons. The molecule has 0 heterocycles. The maximum atomic E-state index is 14.5. The van der Waals surface area contributed by atoms with Crippen LogP contribution < -0.4 is 10.5 Å². The van der Waals surface area contributed by atoms with Gasteiger partial charge < -0.3 is 25.2 Å². The molecule has 0 aliphatic heterocycles. The van der Waals surface area contributed by atoms with Gasteiger partial charge in [0.2, 0.25) is 0 Å². The quantitative estimate of drug-likeness (QED) is 0.186. The molecule has 1 aromatic rings. The van der Waals surface area contributed by atoms with E-state index in [9.17, 15) is 13.8 Å².